The molecule has 1 rings (SSSR count). The Morgan fingerprint density at radius 1 is 1.28 bits per heavy atom. The van der Waals surface area contributed by atoms with Crippen molar-refractivity contribution in [1.82, 2.24) is 0 Å². The summed E-state index contributed by atoms with van der Waals surface area (Å²) in [5, 5.41) is 0. The largest absolute Gasteiger partial charge is 0.326 e. The maximum Gasteiger partial charge on any atom is 0.154 e. The van der Waals surface area contributed by atoms with Gasteiger partial charge in [-0.25, -0.2) is 8.42 Å². The second kappa shape index (κ2) is 5.02. The predicted octanol–water partition coefficient (Wildman–Crippen LogP) is 2.00. The molecule has 0 heterocycles. The molecule has 102 valence electrons. The first-order valence-electron chi connectivity index (χ1n) is 6.07. The molecule has 0 aliphatic carbocycles. The smallest absolute Gasteiger partial charge is 0.154 e. The summed E-state index contributed by atoms with van der Waals surface area (Å²) in [5.74, 6) is 0. The average Bonchev–Trinajstić information content (AvgIpc) is 2.21. The van der Waals surface area contributed by atoms with Crippen molar-refractivity contribution in [2.75, 3.05) is 6.26 Å². The van der Waals surface area contributed by atoms with Crippen LogP contribution in [-0.4, -0.2) is 25.5 Å². The summed E-state index contributed by atoms with van der Waals surface area (Å²) in [6.45, 7) is 7.43. The van der Waals surface area contributed by atoms with Gasteiger partial charge in [-0.05, 0) is 45.2 Å². The second-order valence-corrected chi connectivity index (χ2v) is 8.21. The van der Waals surface area contributed by atoms with Gasteiger partial charge in [0.2, 0.25) is 0 Å². The zero-order valence-corrected chi connectivity index (χ0v) is 12.6. The van der Waals surface area contributed by atoms with Crippen LogP contribution in [-0.2, 0) is 16.3 Å². The van der Waals surface area contributed by atoms with Crippen molar-refractivity contribution in [1.29, 1.82) is 0 Å². The number of aryl methyl sites for hydroxylation is 2. The zero-order chi connectivity index (χ0) is 14.1. The normalized spacial score (nSPS) is 14.6. The van der Waals surface area contributed by atoms with Crippen LogP contribution in [0.3, 0.4) is 0 Å². The summed E-state index contributed by atoms with van der Waals surface area (Å²) in [7, 11) is -3.17. The summed E-state index contributed by atoms with van der Waals surface area (Å²) < 4.78 is 22.6. The lowest BCUT2D eigenvalue weighted by Crippen LogP contribution is -2.50. The first-order chi connectivity index (χ1) is 8.05. The van der Waals surface area contributed by atoms with E-state index in [1.807, 2.05) is 26.0 Å². The first-order valence-corrected chi connectivity index (χ1v) is 7.96. The standard InChI is InChI=1S/C14H23NO2S/c1-10-6-7-11(2)12(8-10)9-13(15)14(3,4)18(5,16)17/h6-8,13H,9,15H2,1-5H3. The van der Waals surface area contributed by atoms with E-state index < -0.39 is 20.6 Å². The molecule has 0 amide bonds. The molecule has 4 heteroatoms. The summed E-state index contributed by atoms with van der Waals surface area (Å²) in [5.41, 5.74) is 9.55. The lowest BCUT2D eigenvalue weighted by atomic mass is 9.93. The van der Waals surface area contributed by atoms with Gasteiger partial charge in [0, 0.05) is 12.3 Å². The van der Waals surface area contributed by atoms with E-state index in [4.69, 9.17) is 5.73 Å². The number of hydrogen-bond donors (Lipinski definition) is 1. The molecule has 1 unspecified atom stereocenters. The Morgan fingerprint density at radius 3 is 2.33 bits per heavy atom. The molecular weight excluding hydrogens is 246 g/mol. The Kier molecular flexibility index (Phi) is 4.23. The van der Waals surface area contributed by atoms with Crippen LogP contribution in [0.25, 0.3) is 0 Å². The number of rotatable bonds is 4. The van der Waals surface area contributed by atoms with Gasteiger partial charge < -0.3 is 5.73 Å². The molecule has 0 aliphatic rings. The van der Waals surface area contributed by atoms with Gasteiger partial charge in [-0.1, -0.05) is 23.8 Å². The fraction of sp³-hybridized carbons (Fsp3) is 0.571. The molecule has 2 N–H and O–H groups in total. The van der Waals surface area contributed by atoms with Gasteiger partial charge in [0.25, 0.3) is 0 Å². The van der Waals surface area contributed by atoms with E-state index in [-0.39, 0.29) is 0 Å². The van der Waals surface area contributed by atoms with Crippen molar-refractivity contribution in [3.05, 3.63) is 34.9 Å². The fourth-order valence-corrected chi connectivity index (χ4v) is 2.41. The predicted molar refractivity (Wildman–Crippen MR) is 76.5 cm³/mol. The topological polar surface area (TPSA) is 60.2 Å². The van der Waals surface area contributed by atoms with Crippen LogP contribution >= 0.6 is 0 Å². The Balaban J connectivity index is 3.02. The molecule has 3 nitrogen and oxygen atoms in total. The molecule has 0 radical (unpaired) electrons. The van der Waals surface area contributed by atoms with Crippen LogP contribution in [0.2, 0.25) is 0 Å². The molecule has 18 heavy (non-hydrogen) atoms. The Labute approximate surface area is 110 Å². The first kappa shape index (κ1) is 15.2. The highest BCUT2D eigenvalue weighted by Gasteiger charge is 2.36. The minimum atomic E-state index is -3.17. The van der Waals surface area contributed by atoms with Gasteiger partial charge in [-0.2, -0.15) is 0 Å². The third kappa shape index (κ3) is 3.12. The van der Waals surface area contributed by atoms with Gasteiger partial charge in [-0.15, -0.1) is 0 Å². The molecule has 0 aromatic heterocycles. The van der Waals surface area contributed by atoms with Crippen molar-refractivity contribution >= 4 is 9.84 Å². The lowest BCUT2D eigenvalue weighted by molar-refractivity contribution is 0.481. The maximum atomic E-state index is 11.8. The van der Waals surface area contributed by atoms with Crippen LogP contribution in [0.4, 0.5) is 0 Å². The average molecular weight is 269 g/mol. The van der Waals surface area contributed by atoms with Crippen molar-refractivity contribution in [3.63, 3.8) is 0 Å². The van der Waals surface area contributed by atoms with Crippen molar-refractivity contribution in [2.45, 2.75) is 44.9 Å². The maximum absolute atomic E-state index is 11.8. The van der Waals surface area contributed by atoms with Crippen molar-refractivity contribution < 1.29 is 8.42 Å². The Hall–Kier alpha value is -0.870. The minimum Gasteiger partial charge on any atom is -0.326 e. The fourth-order valence-electron chi connectivity index (χ4n) is 1.78. The summed E-state index contributed by atoms with van der Waals surface area (Å²) in [4.78, 5) is 0. The van der Waals surface area contributed by atoms with E-state index in [9.17, 15) is 8.42 Å². The summed E-state index contributed by atoms with van der Waals surface area (Å²) in [6, 6.07) is 5.76. The van der Waals surface area contributed by atoms with Gasteiger partial charge in [0.15, 0.2) is 9.84 Å². The van der Waals surface area contributed by atoms with Crippen LogP contribution < -0.4 is 5.73 Å². The highest BCUT2D eigenvalue weighted by atomic mass is 32.2. The summed E-state index contributed by atoms with van der Waals surface area (Å²) >= 11 is 0. The number of benzene rings is 1. The molecule has 0 aliphatic heterocycles. The third-order valence-corrected chi connectivity index (χ3v) is 6.01. The van der Waals surface area contributed by atoms with Crippen LogP contribution in [0.15, 0.2) is 18.2 Å². The van der Waals surface area contributed by atoms with Crippen LogP contribution in [0.5, 0.6) is 0 Å². The molecule has 0 spiro atoms. The molecule has 1 aromatic carbocycles. The summed E-state index contributed by atoms with van der Waals surface area (Å²) in [6.07, 6.45) is 1.82. The van der Waals surface area contributed by atoms with E-state index in [0.29, 0.717) is 6.42 Å². The highest BCUT2D eigenvalue weighted by molar-refractivity contribution is 7.92. The molecule has 0 bridgehead atoms. The molecule has 1 atom stereocenters. The number of hydrogen-bond acceptors (Lipinski definition) is 3. The van der Waals surface area contributed by atoms with Crippen LogP contribution in [0, 0.1) is 13.8 Å². The quantitative estimate of drug-likeness (QED) is 0.909. The van der Waals surface area contributed by atoms with Crippen LogP contribution in [0.1, 0.15) is 30.5 Å². The van der Waals surface area contributed by atoms with Crippen molar-refractivity contribution in [3.8, 4) is 0 Å². The van der Waals surface area contributed by atoms with E-state index in [1.165, 1.54) is 11.8 Å². The zero-order valence-electron chi connectivity index (χ0n) is 11.8. The third-order valence-electron chi connectivity index (χ3n) is 3.79. The molecular formula is C14H23NO2S. The number of sulfone groups is 1. The van der Waals surface area contributed by atoms with Gasteiger partial charge >= 0.3 is 0 Å². The monoisotopic (exact) mass is 269 g/mol. The lowest BCUT2D eigenvalue weighted by Gasteiger charge is -2.30. The molecule has 0 saturated heterocycles. The highest BCUT2D eigenvalue weighted by Crippen LogP contribution is 2.23. The SMILES string of the molecule is Cc1ccc(C)c(CC(N)C(C)(C)S(C)(=O)=O)c1. The second-order valence-electron chi connectivity index (χ2n) is 5.62. The van der Waals surface area contributed by atoms with Gasteiger partial charge in [0.05, 0.1) is 4.75 Å². The van der Waals surface area contributed by atoms with E-state index in [2.05, 4.69) is 6.07 Å². The molecule has 0 saturated carbocycles. The van der Waals surface area contributed by atoms with Crippen molar-refractivity contribution in [2.24, 2.45) is 5.73 Å². The van der Waals surface area contributed by atoms with E-state index >= 15 is 0 Å². The van der Waals surface area contributed by atoms with E-state index in [0.717, 1.165) is 11.1 Å². The number of nitrogens with two attached hydrogens (primary N) is 1. The Bertz CT molecular complexity index is 533. The van der Waals surface area contributed by atoms with E-state index in [1.54, 1.807) is 13.8 Å². The molecule has 1 aromatic rings. The van der Waals surface area contributed by atoms with Gasteiger partial charge in [-0.3, -0.25) is 0 Å². The Morgan fingerprint density at radius 2 is 1.83 bits per heavy atom. The minimum absolute atomic E-state index is 0.409. The molecule has 0 fully saturated rings. The van der Waals surface area contributed by atoms with Gasteiger partial charge in [0.1, 0.15) is 0 Å².